The molecule has 0 saturated heterocycles. The lowest BCUT2D eigenvalue weighted by atomic mass is 10.00. The molecular formula is C56H48F3N15O6. The Bertz CT molecular complexity index is 3660. The van der Waals surface area contributed by atoms with Gasteiger partial charge in [-0.15, -0.1) is 25.5 Å². The number of benzene rings is 5. The fourth-order valence-electron chi connectivity index (χ4n) is 7.89. The number of amides is 1. The third-order valence-electron chi connectivity index (χ3n) is 12.0. The van der Waals surface area contributed by atoms with Crippen LogP contribution in [0.2, 0.25) is 0 Å². The Kier molecular flexibility index (Phi) is 18.0. The second-order valence-corrected chi connectivity index (χ2v) is 17.4. The number of hydrogen-bond donors (Lipinski definition) is 2. The number of aromatic nitrogens is 12. The predicted molar refractivity (Wildman–Crippen MR) is 282 cm³/mol. The van der Waals surface area contributed by atoms with E-state index >= 15 is 0 Å². The average molecular weight is 1080 g/mol. The number of halogens is 3. The molecule has 0 atom stereocenters. The first-order valence-corrected chi connectivity index (χ1v) is 24.7. The minimum Gasteiger partial charge on any atom is -0.420 e. The van der Waals surface area contributed by atoms with Gasteiger partial charge < -0.3 is 29.2 Å². The molecule has 2 aliphatic heterocycles. The smallest absolute Gasteiger partial charge is 0.338 e. The van der Waals surface area contributed by atoms with Gasteiger partial charge in [0.25, 0.3) is 0 Å². The number of nitrogen functional groups attached to an aromatic ring is 1. The summed E-state index contributed by atoms with van der Waals surface area (Å²) in [7, 11) is 0. The van der Waals surface area contributed by atoms with E-state index in [9.17, 15) is 27.6 Å². The lowest BCUT2D eigenvalue weighted by Gasteiger charge is -2.28. The highest BCUT2D eigenvalue weighted by Gasteiger charge is 2.23. The van der Waals surface area contributed by atoms with Gasteiger partial charge in [-0.2, -0.15) is 0 Å². The summed E-state index contributed by atoms with van der Waals surface area (Å²) in [5.41, 5.74) is 12.6. The number of nitrogens with one attached hydrogen (secondary N) is 1. The highest BCUT2D eigenvalue weighted by atomic mass is 19.1. The summed E-state index contributed by atoms with van der Waals surface area (Å²) in [6, 6.07) is 33.8. The number of carbonyl (C=O) groups excluding carboxylic acids is 3. The Labute approximate surface area is 453 Å². The molecule has 0 unspecified atom stereocenters. The van der Waals surface area contributed by atoms with Crippen molar-refractivity contribution in [2.75, 3.05) is 18.8 Å². The first kappa shape index (κ1) is 54.3. The lowest BCUT2D eigenvalue weighted by molar-refractivity contribution is -0.131. The fourth-order valence-corrected chi connectivity index (χ4v) is 7.89. The van der Waals surface area contributed by atoms with E-state index in [0.717, 1.165) is 19.5 Å². The van der Waals surface area contributed by atoms with Crippen LogP contribution in [-0.2, 0) is 43.6 Å². The first-order chi connectivity index (χ1) is 39.0. The molecule has 11 aromatic rings. The molecular weight excluding hydrogens is 1040 g/mol. The van der Waals surface area contributed by atoms with E-state index in [-0.39, 0.29) is 83.6 Å². The van der Waals surface area contributed by atoms with Crippen molar-refractivity contribution in [3.8, 4) is 34.4 Å². The molecule has 0 saturated carbocycles. The normalized spacial score (nSPS) is 12.1. The van der Waals surface area contributed by atoms with Crippen LogP contribution in [0.1, 0.15) is 38.8 Å². The lowest BCUT2D eigenvalue weighted by Crippen LogP contribution is -2.36. The van der Waals surface area contributed by atoms with Crippen molar-refractivity contribution in [3.63, 3.8) is 0 Å². The zero-order valence-electron chi connectivity index (χ0n) is 42.4. The standard InChI is InChI=1S/C19H16FN3O2.C13H9FN4O2.C9H11N.C8H6FN3O.C7H6N4O/c20-16-7-5-14(6-8-16)19-22-21-17(25-19)11-18(24)23-10-9-13-3-1-2-4-15(13)12-23;14-10-3-1-9(2-4-10)13-17-16-11(20-13)7-12(19)18-6-5-15-8-18;1-2-4-9-7-10-6-5-8(9)3-1;9-6-3-1-5(2-4-6)7-11-12-8(10)13-7;12-7(10-3-1-8-5-10)11-4-2-9-6-11/h1-8H,9-12H2;1-6,8H,7H2;1-4,10H,5-7H2;1-4H,(H2,10,12);1-6H. The van der Waals surface area contributed by atoms with Crippen LogP contribution in [-0.4, -0.2) is 95.1 Å². The molecule has 80 heavy (non-hydrogen) atoms. The molecule has 0 spiro atoms. The van der Waals surface area contributed by atoms with Gasteiger partial charge in [0.15, 0.2) is 0 Å². The zero-order valence-corrected chi connectivity index (χ0v) is 42.4. The van der Waals surface area contributed by atoms with Crippen LogP contribution < -0.4 is 11.1 Å². The van der Waals surface area contributed by atoms with Crippen molar-refractivity contribution < 1.29 is 40.8 Å². The maximum absolute atomic E-state index is 13.0. The van der Waals surface area contributed by atoms with Crippen LogP contribution in [0, 0.1) is 17.5 Å². The van der Waals surface area contributed by atoms with Gasteiger partial charge in [-0.1, -0.05) is 53.6 Å². The molecule has 0 radical (unpaired) electrons. The number of anilines is 1. The molecule has 404 valence electrons. The summed E-state index contributed by atoms with van der Waals surface area (Å²) < 4.78 is 58.3. The largest absolute Gasteiger partial charge is 0.420 e. The summed E-state index contributed by atoms with van der Waals surface area (Å²) in [5, 5.41) is 26.0. The van der Waals surface area contributed by atoms with E-state index in [0.29, 0.717) is 29.8 Å². The maximum Gasteiger partial charge on any atom is 0.338 e. The van der Waals surface area contributed by atoms with Gasteiger partial charge in [-0.05, 0) is 114 Å². The highest BCUT2D eigenvalue weighted by molar-refractivity contribution is 5.80. The zero-order chi connectivity index (χ0) is 55.6. The van der Waals surface area contributed by atoms with E-state index in [1.54, 1.807) is 55.2 Å². The van der Waals surface area contributed by atoms with Crippen molar-refractivity contribution in [2.24, 2.45) is 0 Å². The number of nitrogens with two attached hydrogens (primary N) is 1. The van der Waals surface area contributed by atoms with E-state index < -0.39 is 0 Å². The number of nitrogens with zero attached hydrogens (tertiary/aromatic N) is 13. The fraction of sp³-hybridized carbons (Fsp3) is 0.143. The Morgan fingerprint density at radius 3 is 1.40 bits per heavy atom. The van der Waals surface area contributed by atoms with Crippen molar-refractivity contribution in [1.29, 1.82) is 0 Å². The number of carbonyl (C=O) groups is 3. The van der Waals surface area contributed by atoms with Crippen molar-refractivity contribution in [3.05, 3.63) is 229 Å². The minimum absolute atomic E-state index is 0.000625. The van der Waals surface area contributed by atoms with Crippen LogP contribution in [0.3, 0.4) is 0 Å². The molecule has 13 rings (SSSR count). The quantitative estimate of drug-likeness (QED) is 0.152. The molecule has 3 N–H and O–H groups in total. The molecule has 8 heterocycles. The predicted octanol–water partition coefficient (Wildman–Crippen LogP) is 8.34. The van der Waals surface area contributed by atoms with Crippen LogP contribution in [0.25, 0.3) is 34.4 Å². The number of hydrogen-bond acceptors (Lipinski definition) is 17. The highest BCUT2D eigenvalue weighted by Crippen LogP contribution is 2.23. The van der Waals surface area contributed by atoms with E-state index in [2.05, 4.69) is 81.2 Å². The first-order valence-electron chi connectivity index (χ1n) is 24.7. The minimum atomic E-state index is -0.344. The molecule has 21 nitrogen and oxygen atoms in total. The Morgan fingerprint density at radius 2 is 0.938 bits per heavy atom. The molecule has 2 aliphatic rings. The third kappa shape index (κ3) is 14.9. The summed E-state index contributed by atoms with van der Waals surface area (Å²) in [5.74, 6) is 0.0404. The Balaban J connectivity index is 0.000000126. The van der Waals surface area contributed by atoms with E-state index in [1.165, 1.54) is 116 Å². The third-order valence-corrected chi connectivity index (χ3v) is 12.0. The SMILES string of the molecule is Nc1nnc(-c2ccc(F)cc2)o1.O=C(Cc1nnc(-c2ccc(F)cc2)o1)N1CCc2ccccc2C1.O=C(Cc1nnc(-c2ccc(F)cc2)o1)n1ccnc1.O=C(n1ccnc1)n1ccnc1.c1ccc2c(c1)CCNC2. The van der Waals surface area contributed by atoms with Gasteiger partial charge >= 0.3 is 12.0 Å². The number of imidazole rings is 3. The van der Waals surface area contributed by atoms with E-state index in [4.69, 9.17) is 19.0 Å². The summed E-state index contributed by atoms with van der Waals surface area (Å²) in [6.45, 7) is 3.48. The molecule has 0 bridgehead atoms. The molecule has 0 aliphatic carbocycles. The number of rotatable bonds is 7. The maximum atomic E-state index is 13.0. The van der Waals surface area contributed by atoms with Gasteiger partial charge in [-0.3, -0.25) is 23.3 Å². The molecule has 0 fully saturated rings. The second-order valence-electron chi connectivity index (χ2n) is 17.4. The number of fused-ring (bicyclic) bond motifs is 2. The monoisotopic (exact) mass is 1080 g/mol. The Hall–Kier alpha value is -10.5. The molecule has 5 aromatic carbocycles. The van der Waals surface area contributed by atoms with Crippen LogP contribution in [0.4, 0.5) is 24.0 Å². The average Bonchev–Trinajstić information content (AvgIpc) is 4.37. The van der Waals surface area contributed by atoms with Crippen LogP contribution in [0.15, 0.2) is 191 Å². The molecule has 6 aromatic heterocycles. The summed E-state index contributed by atoms with van der Waals surface area (Å²) in [6.07, 6.45) is 15.7. The van der Waals surface area contributed by atoms with Gasteiger partial charge in [0, 0.05) is 73.5 Å². The molecule has 1 amide bonds. The van der Waals surface area contributed by atoms with E-state index in [1.807, 2.05) is 23.1 Å². The van der Waals surface area contributed by atoms with Crippen molar-refractivity contribution in [2.45, 2.75) is 38.8 Å². The molecule has 24 heteroatoms. The van der Waals surface area contributed by atoms with Crippen LogP contribution in [0.5, 0.6) is 0 Å². The topological polar surface area (TPSA) is 263 Å². The summed E-state index contributed by atoms with van der Waals surface area (Å²) >= 11 is 0. The summed E-state index contributed by atoms with van der Waals surface area (Å²) in [4.78, 5) is 48.9. The van der Waals surface area contributed by atoms with Gasteiger partial charge in [0.05, 0.1) is 0 Å². The Morgan fingerprint density at radius 1 is 0.500 bits per heavy atom. The van der Waals surface area contributed by atoms with Crippen LogP contribution >= 0.6 is 0 Å². The van der Waals surface area contributed by atoms with Gasteiger partial charge in [0.2, 0.25) is 41.3 Å². The van der Waals surface area contributed by atoms with Crippen molar-refractivity contribution in [1.82, 2.24) is 69.5 Å². The van der Waals surface area contributed by atoms with Gasteiger partial charge in [-0.25, -0.2) is 32.9 Å². The second kappa shape index (κ2) is 26.5. The van der Waals surface area contributed by atoms with Crippen molar-refractivity contribution >= 4 is 23.9 Å². The van der Waals surface area contributed by atoms with Gasteiger partial charge in [0.1, 0.15) is 49.3 Å².